The van der Waals surface area contributed by atoms with Crippen molar-refractivity contribution in [3.8, 4) is 0 Å². The number of hydrogen-bond donors (Lipinski definition) is 1. The summed E-state index contributed by atoms with van der Waals surface area (Å²) in [6.45, 7) is 2.81. The molecule has 0 aromatic heterocycles. The van der Waals surface area contributed by atoms with Gasteiger partial charge in [-0.1, -0.05) is 13.3 Å². The maximum absolute atomic E-state index is 11.0. The van der Waals surface area contributed by atoms with Crippen molar-refractivity contribution in [2.24, 2.45) is 5.73 Å². The van der Waals surface area contributed by atoms with Crippen LogP contribution in [0.1, 0.15) is 39.0 Å². The van der Waals surface area contributed by atoms with Crippen molar-refractivity contribution in [1.29, 1.82) is 0 Å². The number of rotatable bonds is 7. The van der Waals surface area contributed by atoms with Crippen LogP contribution in [0.4, 0.5) is 4.79 Å². The summed E-state index contributed by atoms with van der Waals surface area (Å²) in [5.41, 5.74) is 5.25. The number of ether oxygens (including phenoxy) is 2. The van der Waals surface area contributed by atoms with E-state index in [1.807, 2.05) is 6.92 Å². The van der Waals surface area contributed by atoms with Crippen LogP contribution in [0.3, 0.4) is 0 Å². The minimum atomic E-state index is -0.902. The lowest BCUT2D eigenvalue weighted by Crippen LogP contribution is -2.14. The molecule has 2 N–H and O–H groups in total. The van der Waals surface area contributed by atoms with E-state index in [1.54, 1.807) is 0 Å². The molecule has 0 saturated heterocycles. The number of hydrogen-bond acceptors (Lipinski definition) is 5. The van der Waals surface area contributed by atoms with E-state index in [1.165, 1.54) is 0 Å². The number of esters is 1. The molecular formula is C10H19NO4. The van der Waals surface area contributed by atoms with Crippen molar-refractivity contribution in [1.82, 2.24) is 0 Å². The third-order valence-corrected chi connectivity index (χ3v) is 1.75. The van der Waals surface area contributed by atoms with Crippen LogP contribution in [0.5, 0.6) is 0 Å². The van der Waals surface area contributed by atoms with Crippen LogP contribution < -0.4 is 5.73 Å². The quantitative estimate of drug-likeness (QED) is 0.398. The summed E-state index contributed by atoms with van der Waals surface area (Å²) in [5.74, 6) is -0.551. The van der Waals surface area contributed by atoms with Gasteiger partial charge in [-0.2, -0.15) is 0 Å². The Morgan fingerprint density at radius 2 is 1.93 bits per heavy atom. The Balaban J connectivity index is 3.45. The molecule has 0 aliphatic rings. The van der Waals surface area contributed by atoms with Crippen LogP contribution in [0.15, 0.2) is 0 Å². The average molecular weight is 217 g/mol. The number of carbonyl (C=O) groups is 2. The smallest absolute Gasteiger partial charge is 0.434 e. The minimum Gasteiger partial charge on any atom is -0.434 e. The lowest BCUT2D eigenvalue weighted by molar-refractivity contribution is -0.139. The first-order valence-electron chi connectivity index (χ1n) is 5.28. The van der Waals surface area contributed by atoms with Crippen molar-refractivity contribution in [3.05, 3.63) is 0 Å². The fraction of sp³-hybridized carbons (Fsp3) is 0.800. The predicted molar refractivity (Wildman–Crippen MR) is 55.3 cm³/mol. The highest BCUT2D eigenvalue weighted by atomic mass is 16.7. The van der Waals surface area contributed by atoms with Crippen molar-refractivity contribution in [2.75, 3.05) is 13.2 Å². The molecule has 0 aliphatic carbocycles. The molecule has 0 saturated carbocycles. The summed E-state index contributed by atoms with van der Waals surface area (Å²) < 4.78 is 9.06. The van der Waals surface area contributed by atoms with Crippen LogP contribution in [0.2, 0.25) is 0 Å². The summed E-state index contributed by atoms with van der Waals surface area (Å²) in [7, 11) is 0. The lowest BCUT2D eigenvalue weighted by Gasteiger charge is -2.03. The van der Waals surface area contributed by atoms with Crippen LogP contribution in [0.25, 0.3) is 0 Å². The summed E-state index contributed by atoms with van der Waals surface area (Å²) in [6.07, 6.45) is 2.40. The monoisotopic (exact) mass is 217 g/mol. The van der Waals surface area contributed by atoms with Crippen LogP contribution in [-0.4, -0.2) is 25.3 Å². The zero-order valence-corrected chi connectivity index (χ0v) is 9.16. The van der Waals surface area contributed by atoms with E-state index >= 15 is 0 Å². The summed E-state index contributed by atoms with van der Waals surface area (Å²) in [4.78, 5) is 21.9. The third-order valence-electron chi connectivity index (χ3n) is 1.75. The number of nitrogens with two attached hydrogens (primary N) is 1. The Kier molecular flexibility index (Phi) is 8.76. The molecule has 5 nitrogen and oxygen atoms in total. The molecule has 0 bridgehead atoms. The van der Waals surface area contributed by atoms with Gasteiger partial charge >= 0.3 is 12.1 Å². The molecule has 0 unspecified atom stereocenters. The SMILES string of the molecule is CCCCOC(=O)OC(=O)CCCCN. The highest BCUT2D eigenvalue weighted by Gasteiger charge is 2.10. The Morgan fingerprint density at radius 3 is 2.53 bits per heavy atom. The van der Waals surface area contributed by atoms with Crippen LogP contribution in [0, 0.1) is 0 Å². The van der Waals surface area contributed by atoms with E-state index in [-0.39, 0.29) is 6.42 Å². The van der Waals surface area contributed by atoms with E-state index in [9.17, 15) is 9.59 Å². The van der Waals surface area contributed by atoms with Gasteiger partial charge < -0.3 is 15.2 Å². The maximum Gasteiger partial charge on any atom is 0.516 e. The molecule has 0 aromatic carbocycles. The Morgan fingerprint density at radius 1 is 1.20 bits per heavy atom. The van der Waals surface area contributed by atoms with Gasteiger partial charge in [0.1, 0.15) is 0 Å². The molecule has 5 heteroatoms. The molecule has 88 valence electrons. The van der Waals surface area contributed by atoms with Crippen molar-refractivity contribution in [2.45, 2.75) is 39.0 Å². The summed E-state index contributed by atoms with van der Waals surface area (Å²) in [6, 6.07) is 0. The molecule has 0 aliphatic heterocycles. The molecule has 0 aromatic rings. The molecule has 15 heavy (non-hydrogen) atoms. The van der Waals surface area contributed by atoms with Gasteiger partial charge in [-0.15, -0.1) is 0 Å². The van der Waals surface area contributed by atoms with Gasteiger partial charge in [0, 0.05) is 6.42 Å². The van der Waals surface area contributed by atoms with Crippen LogP contribution >= 0.6 is 0 Å². The molecule has 0 amide bonds. The summed E-state index contributed by atoms with van der Waals surface area (Å²) in [5, 5.41) is 0. The first kappa shape index (κ1) is 13.9. The molecular weight excluding hydrogens is 198 g/mol. The zero-order valence-electron chi connectivity index (χ0n) is 9.16. The number of carbonyl (C=O) groups excluding carboxylic acids is 2. The van der Waals surface area contributed by atoms with E-state index in [0.29, 0.717) is 19.6 Å². The Labute approximate surface area is 89.9 Å². The second kappa shape index (κ2) is 9.45. The van der Waals surface area contributed by atoms with Gasteiger partial charge in [-0.05, 0) is 25.8 Å². The predicted octanol–water partition coefficient (Wildman–Crippen LogP) is 1.60. The minimum absolute atomic E-state index is 0.208. The first-order chi connectivity index (χ1) is 7.20. The summed E-state index contributed by atoms with van der Waals surface area (Å²) >= 11 is 0. The largest absolute Gasteiger partial charge is 0.516 e. The van der Waals surface area contributed by atoms with Gasteiger partial charge in [-0.25, -0.2) is 4.79 Å². The van der Waals surface area contributed by atoms with Gasteiger partial charge in [-0.3, -0.25) is 4.79 Å². The molecule has 0 spiro atoms. The molecule has 0 fully saturated rings. The highest BCUT2D eigenvalue weighted by Crippen LogP contribution is 1.98. The second-order valence-corrected chi connectivity index (χ2v) is 3.17. The van der Waals surface area contributed by atoms with Crippen LogP contribution in [-0.2, 0) is 14.3 Å². The van der Waals surface area contributed by atoms with E-state index in [2.05, 4.69) is 9.47 Å². The van der Waals surface area contributed by atoms with Gasteiger partial charge in [0.2, 0.25) is 0 Å². The average Bonchev–Trinajstić information content (AvgIpc) is 2.18. The van der Waals surface area contributed by atoms with E-state index in [0.717, 1.165) is 19.3 Å². The van der Waals surface area contributed by atoms with Gasteiger partial charge in [0.05, 0.1) is 6.61 Å². The third kappa shape index (κ3) is 9.21. The molecule has 0 rings (SSSR count). The topological polar surface area (TPSA) is 78.6 Å². The fourth-order valence-corrected chi connectivity index (χ4v) is 0.887. The van der Waals surface area contributed by atoms with Gasteiger partial charge in [0.25, 0.3) is 0 Å². The van der Waals surface area contributed by atoms with Crippen molar-refractivity contribution < 1.29 is 19.1 Å². The standard InChI is InChI=1S/C10H19NO4/c1-2-3-8-14-10(13)15-9(12)6-4-5-7-11/h2-8,11H2,1H3. The van der Waals surface area contributed by atoms with Crippen molar-refractivity contribution in [3.63, 3.8) is 0 Å². The first-order valence-corrected chi connectivity index (χ1v) is 5.28. The zero-order chi connectivity index (χ0) is 11.5. The Bertz CT molecular complexity index is 174. The second-order valence-electron chi connectivity index (χ2n) is 3.17. The van der Waals surface area contributed by atoms with Crippen molar-refractivity contribution >= 4 is 12.1 Å². The van der Waals surface area contributed by atoms with Gasteiger partial charge in [0.15, 0.2) is 0 Å². The van der Waals surface area contributed by atoms with E-state index in [4.69, 9.17) is 5.73 Å². The van der Waals surface area contributed by atoms with E-state index < -0.39 is 12.1 Å². The highest BCUT2D eigenvalue weighted by molar-refractivity contribution is 5.81. The molecule has 0 radical (unpaired) electrons. The lowest BCUT2D eigenvalue weighted by atomic mass is 10.2. The maximum atomic E-state index is 11.0. The normalized spacial score (nSPS) is 9.73. The number of unbranched alkanes of at least 4 members (excludes halogenated alkanes) is 2. The fourth-order valence-electron chi connectivity index (χ4n) is 0.887. The molecule has 0 heterocycles. The Hall–Kier alpha value is -1.10. The molecule has 0 atom stereocenters.